The largest absolute Gasteiger partial charge is 0.473 e. The molecule has 1 amide bonds. The maximum Gasteiger partial charge on any atom is 0.275 e. The fourth-order valence-corrected chi connectivity index (χ4v) is 1.82. The standard InChI is InChI=1S/C16H13N5O2/c22-16(21-14-9-17-6-7-18-14)13-8-15(20-11-19-13)23-10-12-4-2-1-3-5-12/h1-9,11H,10H2,(H,18,21,22). The summed E-state index contributed by atoms with van der Waals surface area (Å²) >= 11 is 0. The number of hydrogen-bond donors (Lipinski definition) is 1. The smallest absolute Gasteiger partial charge is 0.275 e. The summed E-state index contributed by atoms with van der Waals surface area (Å²) in [7, 11) is 0. The summed E-state index contributed by atoms with van der Waals surface area (Å²) in [5, 5.41) is 2.60. The lowest BCUT2D eigenvalue weighted by Crippen LogP contribution is -2.15. The van der Waals surface area contributed by atoms with E-state index in [-0.39, 0.29) is 5.69 Å². The Hall–Kier alpha value is -3.35. The minimum atomic E-state index is -0.405. The third kappa shape index (κ3) is 4.07. The Balaban J connectivity index is 1.66. The SMILES string of the molecule is O=C(Nc1cnccn1)c1cc(OCc2ccccc2)ncn1. The van der Waals surface area contributed by atoms with Crippen LogP contribution in [-0.2, 0) is 6.61 Å². The topological polar surface area (TPSA) is 89.9 Å². The van der Waals surface area contributed by atoms with E-state index in [1.807, 2.05) is 30.3 Å². The first-order valence-corrected chi connectivity index (χ1v) is 6.87. The molecule has 0 fully saturated rings. The number of carbonyl (C=O) groups excluding carboxylic acids is 1. The van der Waals surface area contributed by atoms with E-state index < -0.39 is 5.91 Å². The van der Waals surface area contributed by atoms with Gasteiger partial charge in [0.1, 0.15) is 18.6 Å². The second-order valence-electron chi connectivity index (χ2n) is 4.56. The van der Waals surface area contributed by atoms with E-state index in [0.29, 0.717) is 18.3 Å². The van der Waals surface area contributed by atoms with Crippen LogP contribution in [0.3, 0.4) is 0 Å². The zero-order valence-corrected chi connectivity index (χ0v) is 12.1. The van der Waals surface area contributed by atoms with Gasteiger partial charge in [0.2, 0.25) is 5.88 Å². The van der Waals surface area contributed by atoms with Crippen LogP contribution < -0.4 is 10.1 Å². The summed E-state index contributed by atoms with van der Waals surface area (Å²) in [6.45, 7) is 0.364. The zero-order valence-electron chi connectivity index (χ0n) is 12.1. The predicted octanol–water partition coefficient (Wildman–Crippen LogP) is 2.10. The molecule has 0 saturated heterocycles. The number of aromatic nitrogens is 4. The predicted molar refractivity (Wildman–Crippen MR) is 82.8 cm³/mol. The molecule has 2 aromatic heterocycles. The van der Waals surface area contributed by atoms with Crippen molar-refractivity contribution < 1.29 is 9.53 Å². The highest BCUT2D eigenvalue weighted by atomic mass is 16.5. The Morgan fingerprint density at radius 2 is 1.96 bits per heavy atom. The quantitative estimate of drug-likeness (QED) is 0.776. The Morgan fingerprint density at radius 3 is 2.74 bits per heavy atom. The fraction of sp³-hybridized carbons (Fsp3) is 0.0625. The normalized spacial score (nSPS) is 10.1. The van der Waals surface area contributed by atoms with Crippen molar-refractivity contribution in [3.8, 4) is 5.88 Å². The van der Waals surface area contributed by atoms with Crippen molar-refractivity contribution in [3.63, 3.8) is 0 Å². The Labute approximate surface area is 132 Å². The van der Waals surface area contributed by atoms with Crippen molar-refractivity contribution in [1.82, 2.24) is 19.9 Å². The summed E-state index contributed by atoms with van der Waals surface area (Å²) in [5.74, 6) is 0.272. The Morgan fingerprint density at radius 1 is 1.09 bits per heavy atom. The van der Waals surface area contributed by atoms with Gasteiger partial charge in [0.15, 0.2) is 5.82 Å². The van der Waals surface area contributed by atoms with Crippen molar-refractivity contribution in [1.29, 1.82) is 0 Å². The number of carbonyl (C=O) groups is 1. The zero-order chi connectivity index (χ0) is 15.9. The third-order valence-corrected chi connectivity index (χ3v) is 2.91. The second-order valence-corrected chi connectivity index (χ2v) is 4.56. The van der Waals surface area contributed by atoms with Gasteiger partial charge in [0.05, 0.1) is 6.20 Å². The number of anilines is 1. The van der Waals surface area contributed by atoms with Gasteiger partial charge in [-0.2, -0.15) is 0 Å². The molecule has 3 aromatic rings. The van der Waals surface area contributed by atoms with Crippen LogP contribution in [0, 0.1) is 0 Å². The molecule has 23 heavy (non-hydrogen) atoms. The van der Waals surface area contributed by atoms with E-state index in [9.17, 15) is 4.79 Å². The van der Waals surface area contributed by atoms with Gasteiger partial charge in [-0.25, -0.2) is 15.0 Å². The fourth-order valence-electron chi connectivity index (χ4n) is 1.82. The summed E-state index contributed by atoms with van der Waals surface area (Å²) in [6, 6.07) is 11.2. The Bertz CT molecular complexity index is 781. The van der Waals surface area contributed by atoms with E-state index in [4.69, 9.17) is 4.74 Å². The third-order valence-electron chi connectivity index (χ3n) is 2.91. The summed E-state index contributed by atoms with van der Waals surface area (Å²) in [5.41, 5.74) is 1.20. The van der Waals surface area contributed by atoms with Gasteiger partial charge < -0.3 is 10.1 Å². The molecule has 7 heteroatoms. The van der Waals surface area contributed by atoms with Crippen molar-refractivity contribution >= 4 is 11.7 Å². The van der Waals surface area contributed by atoms with Gasteiger partial charge in [-0.1, -0.05) is 30.3 Å². The number of nitrogens with zero attached hydrogens (tertiary/aromatic N) is 4. The number of benzene rings is 1. The van der Waals surface area contributed by atoms with Crippen molar-refractivity contribution in [2.45, 2.75) is 6.61 Å². The summed E-state index contributed by atoms with van der Waals surface area (Å²) < 4.78 is 5.57. The molecule has 0 unspecified atom stereocenters. The lowest BCUT2D eigenvalue weighted by Gasteiger charge is -2.07. The highest BCUT2D eigenvalue weighted by molar-refractivity contribution is 6.02. The van der Waals surface area contributed by atoms with Gasteiger partial charge in [0, 0.05) is 18.5 Å². The molecule has 114 valence electrons. The van der Waals surface area contributed by atoms with Gasteiger partial charge in [-0.3, -0.25) is 9.78 Å². The number of nitrogens with one attached hydrogen (secondary N) is 1. The van der Waals surface area contributed by atoms with E-state index in [1.165, 1.54) is 31.0 Å². The molecule has 0 atom stereocenters. The lowest BCUT2D eigenvalue weighted by molar-refractivity contribution is 0.102. The molecule has 2 heterocycles. The van der Waals surface area contributed by atoms with Crippen LogP contribution in [0.25, 0.3) is 0 Å². The van der Waals surface area contributed by atoms with Crippen molar-refractivity contribution in [3.05, 3.63) is 72.6 Å². The van der Waals surface area contributed by atoms with E-state index in [1.54, 1.807) is 0 Å². The average Bonchev–Trinajstić information content (AvgIpc) is 2.62. The van der Waals surface area contributed by atoms with Crippen LogP contribution in [0.15, 0.2) is 61.3 Å². The number of amides is 1. The van der Waals surface area contributed by atoms with Crippen LogP contribution in [0.2, 0.25) is 0 Å². The Kier molecular flexibility index (Phi) is 4.49. The van der Waals surface area contributed by atoms with Gasteiger partial charge >= 0.3 is 0 Å². The van der Waals surface area contributed by atoms with Crippen LogP contribution in [0.5, 0.6) is 5.88 Å². The highest BCUT2D eigenvalue weighted by Crippen LogP contribution is 2.11. The first-order valence-electron chi connectivity index (χ1n) is 6.87. The summed E-state index contributed by atoms with van der Waals surface area (Å²) in [4.78, 5) is 27.9. The highest BCUT2D eigenvalue weighted by Gasteiger charge is 2.10. The molecule has 0 aliphatic carbocycles. The van der Waals surface area contributed by atoms with Crippen molar-refractivity contribution in [2.24, 2.45) is 0 Å². The second kappa shape index (κ2) is 7.08. The minimum Gasteiger partial charge on any atom is -0.473 e. The number of ether oxygens (including phenoxy) is 1. The molecular weight excluding hydrogens is 294 g/mol. The molecule has 0 radical (unpaired) electrons. The van der Waals surface area contributed by atoms with Crippen molar-refractivity contribution in [2.75, 3.05) is 5.32 Å². The monoisotopic (exact) mass is 307 g/mol. The van der Waals surface area contributed by atoms with Crippen LogP contribution in [0.4, 0.5) is 5.82 Å². The maximum absolute atomic E-state index is 12.1. The van der Waals surface area contributed by atoms with Gasteiger partial charge in [0.25, 0.3) is 5.91 Å². The van der Waals surface area contributed by atoms with Gasteiger partial charge in [-0.15, -0.1) is 0 Å². The summed E-state index contributed by atoms with van der Waals surface area (Å²) in [6.07, 6.45) is 5.75. The van der Waals surface area contributed by atoms with Gasteiger partial charge in [-0.05, 0) is 5.56 Å². The number of hydrogen-bond acceptors (Lipinski definition) is 6. The number of rotatable bonds is 5. The molecule has 3 rings (SSSR count). The van der Waals surface area contributed by atoms with Crippen LogP contribution >= 0.6 is 0 Å². The molecule has 0 spiro atoms. The van der Waals surface area contributed by atoms with E-state index in [0.717, 1.165) is 5.56 Å². The first kappa shape index (κ1) is 14.6. The van der Waals surface area contributed by atoms with E-state index >= 15 is 0 Å². The first-order chi connectivity index (χ1) is 11.3. The van der Waals surface area contributed by atoms with Crippen LogP contribution in [0.1, 0.15) is 16.1 Å². The maximum atomic E-state index is 12.1. The molecule has 0 aliphatic rings. The molecular formula is C16H13N5O2. The molecule has 1 aromatic carbocycles. The molecule has 7 nitrogen and oxygen atoms in total. The van der Waals surface area contributed by atoms with Crippen LogP contribution in [-0.4, -0.2) is 25.8 Å². The lowest BCUT2D eigenvalue weighted by atomic mass is 10.2. The molecule has 0 aliphatic heterocycles. The molecule has 1 N–H and O–H groups in total. The molecule has 0 bridgehead atoms. The van der Waals surface area contributed by atoms with E-state index in [2.05, 4.69) is 25.3 Å². The average molecular weight is 307 g/mol. The minimum absolute atomic E-state index is 0.189. The molecule has 0 saturated carbocycles.